The van der Waals surface area contributed by atoms with Gasteiger partial charge in [0.05, 0.1) is 21.1 Å². The second kappa shape index (κ2) is 8.97. The third-order valence-electron chi connectivity index (χ3n) is 4.62. The molecule has 1 N–H and O–H groups in total. The maximum atomic E-state index is 12.2. The molecule has 1 aromatic heterocycles. The summed E-state index contributed by atoms with van der Waals surface area (Å²) in [5.41, 5.74) is 4.08. The van der Waals surface area contributed by atoms with E-state index in [9.17, 15) is 4.79 Å². The minimum Gasteiger partial charge on any atom is -0.356 e. The molecule has 0 saturated heterocycles. The van der Waals surface area contributed by atoms with Crippen molar-refractivity contribution >= 4 is 40.1 Å². The van der Waals surface area contributed by atoms with Crippen LogP contribution in [0.5, 0.6) is 0 Å². The highest BCUT2D eigenvalue weighted by Gasteiger charge is 2.15. The van der Waals surface area contributed by atoms with E-state index in [4.69, 9.17) is 28.2 Å². The van der Waals surface area contributed by atoms with Crippen molar-refractivity contribution in [1.29, 1.82) is 0 Å². The van der Waals surface area contributed by atoms with E-state index in [1.807, 2.05) is 6.07 Å². The van der Waals surface area contributed by atoms with Gasteiger partial charge in [-0.05, 0) is 30.5 Å². The summed E-state index contributed by atoms with van der Waals surface area (Å²) in [5.74, 6) is 1.36. The van der Waals surface area contributed by atoms with E-state index in [-0.39, 0.29) is 5.91 Å². The summed E-state index contributed by atoms with van der Waals surface area (Å²) in [6, 6.07) is 12.0. The van der Waals surface area contributed by atoms with Gasteiger partial charge in [-0.25, -0.2) is 4.98 Å². The van der Waals surface area contributed by atoms with E-state index < -0.39 is 0 Å². The number of benzene rings is 2. The predicted molar refractivity (Wildman–Crippen MR) is 116 cm³/mol. The number of amides is 1. The Labute approximate surface area is 175 Å². The number of aromatic nitrogens is 2. The first-order valence-corrected chi connectivity index (χ1v) is 10.3. The van der Waals surface area contributed by atoms with Crippen LogP contribution in [0.4, 0.5) is 0 Å². The number of imidazole rings is 1. The van der Waals surface area contributed by atoms with Gasteiger partial charge in [-0.1, -0.05) is 66.9 Å². The molecule has 3 rings (SSSR count). The Bertz CT molecular complexity index is 978. The van der Waals surface area contributed by atoms with Crippen LogP contribution in [-0.2, 0) is 17.8 Å². The minimum absolute atomic E-state index is 0.0388. The largest absolute Gasteiger partial charge is 0.356 e. The van der Waals surface area contributed by atoms with Crippen molar-refractivity contribution in [2.24, 2.45) is 5.92 Å². The van der Waals surface area contributed by atoms with Crippen LogP contribution in [0.15, 0.2) is 36.4 Å². The zero-order chi connectivity index (χ0) is 20.3. The van der Waals surface area contributed by atoms with Gasteiger partial charge in [0.1, 0.15) is 5.82 Å². The minimum atomic E-state index is 0.0388. The number of hydrogen-bond donors (Lipinski definition) is 1. The molecular weight excluding hydrogens is 393 g/mol. The number of halogens is 2. The predicted octanol–water partition coefficient (Wildman–Crippen LogP) is 5.40. The Morgan fingerprint density at radius 2 is 1.82 bits per heavy atom. The van der Waals surface area contributed by atoms with Crippen LogP contribution in [0.1, 0.15) is 37.2 Å². The van der Waals surface area contributed by atoms with Gasteiger partial charge in [0.25, 0.3) is 0 Å². The summed E-state index contributed by atoms with van der Waals surface area (Å²) in [5, 5.41) is 3.94. The van der Waals surface area contributed by atoms with Crippen molar-refractivity contribution in [1.82, 2.24) is 14.9 Å². The molecular formula is C22H25Cl2N3O. The third-order valence-corrected chi connectivity index (χ3v) is 5.34. The zero-order valence-corrected chi connectivity index (χ0v) is 17.9. The van der Waals surface area contributed by atoms with Gasteiger partial charge in [-0.3, -0.25) is 4.79 Å². The normalized spacial score (nSPS) is 11.4. The number of nitrogens with zero attached hydrogens (tertiary/aromatic N) is 2. The molecule has 2 aromatic carbocycles. The molecule has 0 saturated carbocycles. The Hall–Kier alpha value is -2.04. The van der Waals surface area contributed by atoms with Gasteiger partial charge >= 0.3 is 0 Å². The monoisotopic (exact) mass is 417 g/mol. The lowest BCUT2D eigenvalue weighted by Crippen LogP contribution is -2.28. The quantitative estimate of drug-likeness (QED) is 0.558. The summed E-state index contributed by atoms with van der Waals surface area (Å²) >= 11 is 12.4. The smallest absolute Gasteiger partial charge is 0.221 e. The highest BCUT2D eigenvalue weighted by Crippen LogP contribution is 2.29. The first-order chi connectivity index (χ1) is 13.3. The molecule has 148 valence electrons. The molecule has 0 unspecified atom stereocenters. The number of carbonyl (C=O) groups is 1. The summed E-state index contributed by atoms with van der Waals surface area (Å²) < 4.78 is 2.08. The zero-order valence-electron chi connectivity index (χ0n) is 16.4. The third kappa shape index (κ3) is 5.06. The van der Waals surface area contributed by atoms with Crippen LogP contribution in [-0.4, -0.2) is 22.0 Å². The second-order valence-corrected chi connectivity index (χ2v) is 8.36. The summed E-state index contributed by atoms with van der Waals surface area (Å²) in [7, 11) is 0. The van der Waals surface area contributed by atoms with Crippen LogP contribution < -0.4 is 5.32 Å². The molecule has 0 spiro atoms. The van der Waals surface area contributed by atoms with Gasteiger partial charge in [0, 0.05) is 25.9 Å². The first-order valence-electron chi connectivity index (χ1n) is 9.50. The number of hydrogen-bond acceptors (Lipinski definition) is 2. The summed E-state index contributed by atoms with van der Waals surface area (Å²) in [4.78, 5) is 17.0. The van der Waals surface area contributed by atoms with E-state index >= 15 is 0 Å². The standard InChI is InChI=1S/C22H25Cl2N3O/c1-14(2)13-25-22(28)8-9-27-20-12-18(24)17(23)11-19(20)26-21(27)10-16-6-4-15(3)5-7-16/h4-7,11-12,14H,8-10,13H2,1-3H3,(H,25,28). The van der Waals surface area contributed by atoms with E-state index in [2.05, 4.69) is 54.9 Å². The van der Waals surface area contributed by atoms with Crippen LogP contribution in [0, 0.1) is 12.8 Å². The molecule has 0 aliphatic carbocycles. The molecule has 1 amide bonds. The molecule has 3 aromatic rings. The van der Waals surface area contributed by atoms with Gasteiger partial charge in [0.2, 0.25) is 5.91 Å². The van der Waals surface area contributed by atoms with Crippen LogP contribution in [0.3, 0.4) is 0 Å². The van der Waals surface area contributed by atoms with Gasteiger partial charge in [-0.2, -0.15) is 0 Å². The molecule has 0 fully saturated rings. The molecule has 0 aliphatic heterocycles. The Morgan fingerprint density at radius 3 is 2.50 bits per heavy atom. The summed E-state index contributed by atoms with van der Waals surface area (Å²) in [6.07, 6.45) is 1.07. The van der Waals surface area contributed by atoms with Crippen molar-refractivity contribution in [3.8, 4) is 0 Å². The lowest BCUT2D eigenvalue weighted by molar-refractivity contribution is -0.121. The Kier molecular flexibility index (Phi) is 6.63. The molecule has 0 atom stereocenters. The lowest BCUT2D eigenvalue weighted by Gasteiger charge is -2.11. The number of aryl methyl sites for hydroxylation is 2. The number of nitrogens with one attached hydrogen (secondary N) is 1. The maximum Gasteiger partial charge on any atom is 0.221 e. The average molecular weight is 418 g/mol. The molecule has 0 radical (unpaired) electrons. The molecule has 0 bridgehead atoms. The highest BCUT2D eigenvalue weighted by atomic mass is 35.5. The highest BCUT2D eigenvalue weighted by molar-refractivity contribution is 6.42. The van der Waals surface area contributed by atoms with E-state index in [0.717, 1.165) is 16.9 Å². The van der Waals surface area contributed by atoms with Crippen molar-refractivity contribution in [3.05, 3.63) is 63.4 Å². The Morgan fingerprint density at radius 1 is 1.14 bits per heavy atom. The van der Waals surface area contributed by atoms with Crippen molar-refractivity contribution in [2.75, 3.05) is 6.54 Å². The number of rotatable bonds is 7. The van der Waals surface area contributed by atoms with E-state index in [1.165, 1.54) is 11.1 Å². The number of fused-ring (bicyclic) bond motifs is 1. The molecule has 1 heterocycles. The molecule has 28 heavy (non-hydrogen) atoms. The first kappa shape index (κ1) is 20.7. The van der Waals surface area contributed by atoms with Crippen molar-refractivity contribution < 1.29 is 4.79 Å². The van der Waals surface area contributed by atoms with E-state index in [1.54, 1.807) is 6.07 Å². The lowest BCUT2D eigenvalue weighted by atomic mass is 10.1. The van der Waals surface area contributed by atoms with Crippen LogP contribution >= 0.6 is 23.2 Å². The maximum absolute atomic E-state index is 12.2. The van der Waals surface area contributed by atoms with Gasteiger partial charge < -0.3 is 9.88 Å². The SMILES string of the molecule is Cc1ccc(Cc2nc3cc(Cl)c(Cl)cc3n2CCC(=O)NCC(C)C)cc1. The fraction of sp³-hybridized carbons (Fsp3) is 0.364. The van der Waals surface area contributed by atoms with Crippen molar-refractivity contribution in [2.45, 2.75) is 40.2 Å². The fourth-order valence-corrected chi connectivity index (χ4v) is 3.38. The molecule has 0 aliphatic rings. The van der Waals surface area contributed by atoms with E-state index in [0.29, 0.717) is 41.9 Å². The number of carbonyl (C=O) groups excluding carboxylic acids is 1. The van der Waals surface area contributed by atoms with Crippen molar-refractivity contribution in [3.63, 3.8) is 0 Å². The Balaban J connectivity index is 1.89. The van der Waals surface area contributed by atoms with Gasteiger partial charge in [0.15, 0.2) is 0 Å². The van der Waals surface area contributed by atoms with Crippen LogP contribution in [0.2, 0.25) is 10.0 Å². The average Bonchev–Trinajstić information content (AvgIpc) is 2.96. The molecule has 6 heteroatoms. The molecule has 4 nitrogen and oxygen atoms in total. The van der Waals surface area contributed by atoms with Gasteiger partial charge in [-0.15, -0.1) is 0 Å². The fourth-order valence-electron chi connectivity index (χ4n) is 3.06. The summed E-state index contributed by atoms with van der Waals surface area (Å²) in [6.45, 7) is 7.45. The second-order valence-electron chi connectivity index (χ2n) is 7.54. The van der Waals surface area contributed by atoms with Crippen LogP contribution in [0.25, 0.3) is 11.0 Å². The topological polar surface area (TPSA) is 46.9 Å².